The van der Waals surface area contributed by atoms with Crippen LogP contribution in [0.2, 0.25) is 0 Å². The molecular formula is C10H20O. The Bertz CT molecular complexity index is 134. The van der Waals surface area contributed by atoms with Crippen molar-refractivity contribution in [3.63, 3.8) is 0 Å². The minimum Gasteiger partial charge on any atom is -0.390 e. The highest BCUT2D eigenvalue weighted by molar-refractivity contribution is 4.96. The number of aliphatic hydroxyl groups is 1. The van der Waals surface area contributed by atoms with Crippen LogP contribution in [0.25, 0.3) is 0 Å². The Labute approximate surface area is 70.1 Å². The Morgan fingerprint density at radius 1 is 1.55 bits per heavy atom. The molecule has 1 heteroatoms. The molecule has 0 aromatic carbocycles. The fourth-order valence-corrected chi connectivity index (χ4v) is 0.788. The highest BCUT2D eigenvalue weighted by Crippen LogP contribution is 2.18. The van der Waals surface area contributed by atoms with Crippen molar-refractivity contribution in [1.82, 2.24) is 0 Å². The molecule has 0 aromatic rings. The van der Waals surface area contributed by atoms with Crippen LogP contribution in [0.15, 0.2) is 11.6 Å². The lowest BCUT2D eigenvalue weighted by atomic mass is 9.95. The average molecular weight is 156 g/mol. The first-order valence-corrected chi connectivity index (χ1v) is 4.36. The predicted octanol–water partition coefficient (Wildman–Crippen LogP) is 2.89. The van der Waals surface area contributed by atoms with Crippen LogP contribution in [0.1, 0.15) is 47.0 Å². The second kappa shape index (κ2) is 4.55. The van der Waals surface area contributed by atoms with Crippen LogP contribution in [0.3, 0.4) is 0 Å². The molecule has 0 aliphatic carbocycles. The number of allylic oxidation sites excluding steroid dienone is 2. The number of rotatable bonds is 4. The van der Waals surface area contributed by atoms with Gasteiger partial charge in [-0.1, -0.05) is 18.6 Å². The molecule has 0 heterocycles. The van der Waals surface area contributed by atoms with Gasteiger partial charge in [0.15, 0.2) is 0 Å². The smallest absolute Gasteiger partial charge is 0.0620 e. The molecule has 0 radical (unpaired) electrons. The normalized spacial score (nSPS) is 18.1. The Hall–Kier alpha value is -0.300. The van der Waals surface area contributed by atoms with Crippen molar-refractivity contribution >= 4 is 0 Å². The summed E-state index contributed by atoms with van der Waals surface area (Å²) in [6.45, 7) is 8.06. The Kier molecular flexibility index (Phi) is 4.43. The first-order chi connectivity index (χ1) is 5.02. The monoisotopic (exact) mass is 156 g/mol. The molecule has 0 aliphatic rings. The molecule has 1 atom stereocenters. The third kappa shape index (κ3) is 5.02. The van der Waals surface area contributed by atoms with Crippen LogP contribution >= 0.6 is 0 Å². The van der Waals surface area contributed by atoms with Crippen LogP contribution < -0.4 is 0 Å². The lowest BCUT2D eigenvalue weighted by molar-refractivity contribution is 0.0473. The Balaban J connectivity index is 3.70. The van der Waals surface area contributed by atoms with E-state index in [0.717, 1.165) is 19.3 Å². The lowest BCUT2D eigenvalue weighted by Crippen LogP contribution is -2.22. The van der Waals surface area contributed by atoms with Gasteiger partial charge in [-0.05, 0) is 40.0 Å². The predicted molar refractivity (Wildman–Crippen MR) is 49.6 cm³/mol. The van der Waals surface area contributed by atoms with Crippen molar-refractivity contribution < 1.29 is 5.11 Å². The highest BCUT2D eigenvalue weighted by atomic mass is 16.3. The molecule has 0 rings (SSSR count). The third-order valence-electron chi connectivity index (χ3n) is 2.31. The van der Waals surface area contributed by atoms with Gasteiger partial charge in [-0.2, -0.15) is 0 Å². The van der Waals surface area contributed by atoms with E-state index in [1.165, 1.54) is 5.57 Å². The maximum atomic E-state index is 9.64. The number of hydrogen-bond donors (Lipinski definition) is 1. The van der Waals surface area contributed by atoms with E-state index in [-0.39, 0.29) is 0 Å². The van der Waals surface area contributed by atoms with Crippen molar-refractivity contribution in [2.75, 3.05) is 0 Å². The SMILES string of the molecule is C/C=C(\C)CC[C@](C)(O)CC. The zero-order chi connectivity index (χ0) is 8.91. The second-order valence-electron chi connectivity index (χ2n) is 3.49. The summed E-state index contributed by atoms with van der Waals surface area (Å²) in [5.41, 5.74) is 0.892. The van der Waals surface area contributed by atoms with Crippen LogP contribution in [-0.2, 0) is 0 Å². The maximum Gasteiger partial charge on any atom is 0.0620 e. The zero-order valence-electron chi connectivity index (χ0n) is 8.15. The molecule has 0 saturated carbocycles. The van der Waals surface area contributed by atoms with Crippen molar-refractivity contribution in [3.8, 4) is 0 Å². The van der Waals surface area contributed by atoms with Gasteiger partial charge in [0.2, 0.25) is 0 Å². The van der Waals surface area contributed by atoms with Gasteiger partial charge in [0.1, 0.15) is 0 Å². The first kappa shape index (κ1) is 10.7. The topological polar surface area (TPSA) is 20.2 Å². The van der Waals surface area contributed by atoms with E-state index in [1.807, 2.05) is 20.8 Å². The molecule has 1 N–H and O–H groups in total. The van der Waals surface area contributed by atoms with Gasteiger partial charge in [-0.3, -0.25) is 0 Å². The van der Waals surface area contributed by atoms with Crippen LogP contribution in [0.4, 0.5) is 0 Å². The average Bonchev–Trinajstić information content (AvgIpc) is 2.00. The van der Waals surface area contributed by atoms with Gasteiger partial charge >= 0.3 is 0 Å². The minimum absolute atomic E-state index is 0.468. The molecule has 0 fully saturated rings. The summed E-state index contributed by atoms with van der Waals surface area (Å²) < 4.78 is 0. The van der Waals surface area contributed by atoms with Crippen molar-refractivity contribution in [2.24, 2.45) is 0 Å². The second-order valence-corrected chi connectivity index (χ2v) is 3.49. The highest BCUT2D eigenvalue weighted by Gasteiger charge is 2.16. The summed E-state index contributed by atoms with van der Waals surface area (Å²) in [5, 5.41) is 9.64. The summed E-state index contributed by atoms with van der Waals surface area (Å²) in [7, 11) is 0. The van der Waals surface area contributed by atoms with Gasteiger partial charge in [-0.15, -0.1) is 0 Å². The minimum atomic E-state index is -0.468. The molecule has 0 spiro atoms. The van der Waals surface area contributed by atoms with Gasteiger partial charge in [0.05, 0.1) is 5.60 Å². The maximum absolute atomic E-state index is 9.64. The summed E-state index contributed by atoms with van der Waals surface area (Å²) in [6.07, 6.45) is 4.83. The van der Waals surface area contributed by atoms with Gasteiger partial charge in [0, 0.05) is 0 Å². The Morgan fingerprint density at radius 3 is 2.45 bits per heavy atom. The summed E-state index contributed by atoms with van der Waals surface area (Å²) in [5.74, 6) is 0. The zero-order valence-corrected chi connectivity index (χ0v) is 8.15. The molecule has 0 aromatic heterocycles. The van der Waals surface area contributed by atoms with E-state index in [0.29, 0.717) is 0 Å². The van der Waals surface area contributed by atoms with Crippen LogP contribution in [0.5, 0.6) is 0 Å². The summed E-state index contributed by atoms with van der Waals surface area (Å²) in [6, 6.07) is 0. The van der Waals surface area contributed by atoms with E-state index in [2.05, 4.69) is 13.0 Å². The van der Waals surface area contributed by atoms with Crippen molar-refractivity contribution in [1.29, 1.82) is 0 Å². The Morgan fingerprint density at radius 2 is 2.09 bits per heavy atom. The van der Waals surface area contributed by atoms with E-state index >= 15 is 0 Å². The van der Waals surface area contributed by atoms with Crippen molar-refractivity contribution in [2.45, 2.75) is 52.6 Å². The third-order valence-corrected chi connectivity index (χ3v) is 2.31. The quantitative estimate of drug-likeness (QED) is 0.620. The fourth-order valence-electron chi connectivity index (χ4n) is 0.788. The summed E-state index contributed by atoms with van der Waals surface area (Å²) >= 11 is 0. The summed E-state index contributed by atoms with van der Waals surface area (Å²) in [4.78, 5) is 0. The fraction of sp³-hybridized carbons (Fsp3) is 0.800. The van der Waals surface area contributed by atoms with E-state index < -0.39 is 5.60 Å². The molecule has 11 heavy (non-hydrogen) atoms. The van der Waals surface area contributed by atoms with Gasteiger partial charge < -0.3 is 5.11 Å². The lowest BCUT2D eigenvalue weighted by Gasteiger charge is -2.20. The molecule has 66 valence electrons. The van der Waals surface area contributed by atoms with Crippen molar-refractivity contribution in [3.05, 3.63) is 11.6 Å². The first-order valence-electron chi connectivity index (χ1n) is 4.36. The molecule has 0 saturated heterocycles. The van der Waals surface area contributed by atoms with Crippen LogP contribution in [-0.4, -0.2) is 10.7 Å². The van der Waals surface area contributed by atoms with Gasteiger partial charge in [-0.25, -0.2) is 0 Å². The van der Waals surface area contributed by atoms with E-state index in [9.17, 15) is 5.11 Å². The molecule has 0 amide bonds. The largest absolute Gasteiger partial charge is 0.390 e. The van der Waals surface area contributed by atoms with E-state index in [4.69, 9.17) is 0 Å². The molecular weight excluding hydrogens is 136 g/mol. The molecule has 0 bridgehead atoms. The standard InChI is InChI=1S/C10H20O/c1-5-9(3)7-8-10(4,11)6-2/h5,11H,6-8H2,1-4H3/b9-5+/t10-/m1/s1. The number of hydrogen-bond acceptors (Lipinski definition) is 1. The van der Waals surface area contributed by atoms with Gasteiger partial charge in [0.25, 0.3) is 0 Å². The molecule has 1 nitrogen and oxygen atoms in total. The molecule has 0 unspecified atom stereocenters. The van der Waals surface area contributed by atoms with Crippen LogP contribution in [0, 0.1) is 0 Å². The molecule has 0 aliphatic heterocycles. The van der Waals surface area contributed by atoms with E-state index in [1.54, 1.807) is 0 Å².